The van der Waals surface area contributed by atoms with Gasteiger partial charge in [-0.3, -0.25) is 9.59 Å². The van der Waals surface area contributed by atoms with Crippen molar-refractivity contribution in [3.8, 4) is 0 Å². The first-order valence-electron chi connectivity index (χ1n) is 7.80. The first kappa shape index (κ1) is 19.5. The van der Waals surface area contributed by atoms with Crippen LogP contribution in [-0.2, 0) is 16.1 Å². The lowest BCUT2D eigenvalue weighted by Crippen LogP contribution is -2.49. The number of rotatable bonds is 8. The fourth-order valence-corrected chi connectivity index (χ4v) is 2.23. The molecule has 0 spiro atoms. The van der Waals surface area contributed by atoms with Crippen molar-refractivity contribution >= 4 is 23.4 Å². The highest BCUT2D eigenvalue weighted by Gasteiger charge is 2.27. The molecule has 5 nitrogen and oxygen atoms in total. The fraction of sp³-hybridized carbons (Fsp3) is 0.529. The number of benzene rings is 1. The summed E-state index contributed by atoms with van der Waals surface area (Å²) in [4.78, 5) is 26.3. The zero-order chi connectivity index (χ0) is 17.4. The molecule has 0 aromatic heterocycles. The topological polar surface area (TPSA) is 69.6 Å². The van der Waals surface area contributed by atoms with E-state index in [9.17, 15) is 9.59 Å². The Kier molecular flexibility index (Phi) is 8.06. The maximum atomic E-state index is 12.5. The van der Waals surface area contributed by atoms with Crippen LogP contribution >= 0.6 is 11.6 Å². The van der Waals surface area contributed by atoms with Crippen molar-refractivity contribution in [1.82, 2.24) is 10.2 Å². The SMILES string of the molecule is CC(C)C(=O)N(Cc1ccc(Cl)cc1)[C@H](C)C(=O)NCCCO. The van der Waals surface area contributed by atoms with Gasteiger partial charge in [0, 0.05) is 30.6 Å². The molecule has 2 N–H and O–H groups in total. The second-order valence-corrected chi connectivity index (χ2v) is 6.23. The molecule has 0 aliphatic heterocycles. The van der Waals surface area contributed by atoms with Crippen LogP contribution in [0.2, 0.25) is 5.02 Å². The Morgan fingerprint density at radius 3 is 2.35 bits per heavy atom. The number of aliphatic hydroxyl groups excluding tert-OH is 1. The minimum absolute atomic E-state index is 0.0219. The lowest BCUT2D eigenvalue weighted by molar-refractivity contribution is -0.143. The smallest absolute Gasteiger partial charge is 0.242 e. The van der Waals surface area contributed by atoms with Crippen molar-refractivity contribution in [2.45, 2.75) is 39.8 Å². The first-order valence-corrected chi connectivity index (χ1v) is 8.18. The molecule has 1 atom stereocenters. The van der Waals surface area contributed by atoms with E-state index in [2.05, 4.69) is 5.32 Å². The van der Waals surface area contributed by atoms with Crippen molar-refractivity contribution in [3.05, 3.63) is 34.9 Å². The molecule has 6 heteroatoms. The van der Waals surface area contributed by atoms with E-state index in [0.717, 1.165) is 5.56 Å². The molecule has 1 aromatic rings. The van der Waals surface area contributed by atoms with Gasteiger partial charge in [-0.05, 0) is 31.0 Å². The van der Waals surface area contributed by atoms with Crippen molar-refractivity contribution < 1.29 is 14.7 Å². The first-order chi connectivity index (χ1) is 10.9. The zero-order valence-electron chi connectivity index (χ0n) is 13.9. The molecule has 0 unspecified atom stereocenters. The Morgan fingerprint density at radius 1 is 1.22 bits per heavy atom. The van der Waals surface area contributed by atoms with E-state index in [1.54, 1.807) is 24.0 Å². The average Bonchev–Trinajstić information content (AvgIpc) is 2.53. The van der Waals surface area contributed by atoms with Gasteiger partial charge in [0.2, 0.25) is 11.8 Å². The van der Waals surface area contributed by atoms with Gasteiger partial charge in [0.25, 0.3) is 0 Å². The number of amides is 2. The average molecular weight is 341 g/mol. The van der Waals surface area contributed by atoms with Gasteiger partial charge >= 0.3 is 0 Å². The Labute approximate surface area is 142 Å². The standard InChI is InChI=1S/C17H25ClN2O3/c1-12(2)17(23)20(11-14-5-7-15(18)8-6-14)13(3)16(22)19-9-4-10-21/h5-8,12-13,21H,4,9-11H2,1-3H3,(H,19,22)/t13-/m1/s1. The van der Waals surface area contributed by atoms with Gasteiger partial charge in [0.05, 0.1) is 0 Å². The van der Waals surface area contributed by atoms with Crippen LogP contribution in [0.4, 0.5) is 0 Å². The molecule has 0 fully saturated rings. The lowest BCUT2D eigenvalue weighted by atomic mass is 10.1. The van der Waals surface area contributed by atoms with E-state index >= 15 is 0 Å². The van der Waals surface area contributed by atoms with Crippen LogP contribution in [0.1, 0.15) is 32.8 Å². The number of hydrogen-bond donors (Lipinski definition) is 2. The summed E-state index contributed by atoms with van der Waals surface area (Å²) in [5.41, 5.74) is 0.915. The van der Waals surface area contributed by atoms with Crippen LogP contribution < -0.4 is 5.32 Å². The largest absolute Gasteiger partial charge is 0.396 e. The third-order valence-corrected chi connectivity index (χ3v) is 3.78. The third kappa shape index (κ3) is 6.20. The summed E-state index contributed by atoms with van der Waals surface area (Å²) in [6.07, 6.45) is 0.494. The molecule has 2 amide bonds. The second-order valence-electron chi connectivity index (χ2n) is 5.79. The van der Waals surface area contributed by atoms with E-state index in [4.69, 9.17) is 16.7 Å². The maximum absolute atomic E-state index is 12.5. The molecule has 0 bridgehead atoms. The number of halogens is 1. The van der Waals surface area contributed by atoms with Crippen LogP contribution in [0, 0.1) is 5.92 Å². The summed E-state index contributed by atoms with van der Waals surface area (Å²) in [6.45, 7) is 6.10. The molecule has 1 rings (SSSR count). The van der Waals surface area contributed by atoms with E-state index in [1.165, 1.54) is 0 Å². The molecular weight excluding hydrogens is 316 g/mol. The predicted octanol–water partition coefficient (Wildman–Crippen LogP) is 2.21. The number of carbonyl (C=O) groups is 2. The molecule has 0 aliphatic carbocycles. The molecule has 128 valence electrons. The summed E-state index contributed by atoms with van der Waals surface area (Å²) >= 11 is 5.88. The highest BCUT2D eigenvalue weighted by atomic mass is 35.5. The van der Waals surface area contributed by atoms with Crippen LogP contribution in [0.25, 0.3) is 0 Å². The Hall–Kier alpha value is -1.59. The molecule has 1 aromatic carbocycles. The van der Waals surface area contributed by atoms with Crippen molar-refractivity contribution in [2.24, 2.45) is 5.92 Å². The molecule has 0 aliphatic rings. The van der Waals surface area contributed by atoms with E-state index < -0.39 is 6.04 Å². The monoisotopic (exact) mass is 340 g/mol. The highest BCUT2D eigenvalue weighted by molar-refractivity contribution is 6.30. The highest BCUT2D eigenvalue weighted by Crippen LogP contribution is 2.15. The fourth-order valence-electron chi connectivity index (χ4n) is 2.10. The van der Waals surface area contributed by atoms with Crippen LogP contribution in [0.15, 0.2) is 24.3 Å². The van der Waals surface area contributed by atoms with E-state index in [1.807, 2.05) is 26.0 Å². The van der Waals surface area contributed by atoms with Crippen LogP contribution in [0.5, 0.6) is 0 Å². The Bertz CT molecular complexity index is 517. The number of carbonyl (C=O) groups excluding carboxylic acids is 2. The van der Waals surface area contributed by atoms with E-state index in [-0.39, 0.29) is 24.3 Å². The van der Waals surface area contributed by atoms with Crippen LogP contribution in [0.3, 0.4) is 0 Å². The zero-order valence-corrected chi connectivity index (χ0v) is 14.6. The summed E-state index contributed by atoms with van der Waals surface area (Å²) < 4.78 is 0. The molecule has 0 heterocycles. The third-order valence-electron chi connectivity index (χ3n) is 3.52. The van der Waals surface area contributed by atoms with Crippen molar-refractivity contribution in [3.63, 3.8) is 0 Å². The summed E-state index contributed by atoms with van der Waals surface area (Å²) in [5.74, 6) is -0.499. The van der Waals surface area contributed by atoms with Gasteiger partial charge in [-0.2, -0.15) is 0 Å². The summed E-state index contributed by atoms with van der Waals surface area (Å²) in [6, 6.07) is 6.64. The Balaban J connectivity index is 2.84. The number of nitrogens with zero attached hydrogens (tertiary/aromatic N) is 1. The number of nitrogens with one attached hydrogen (secondary N) is 1. The van der Waals surface area contributed by atoms with Crippen molar-refractivity contribution in [2.75, 3.05) is 13.2 Å². The molecule has 0 radical (unpaired) electrons. The minimum Gasteiger partial charge on any atom is -0.396 e. The van der Waals surface area contributed by atoms with Gasteiger partial charge in [0.15, 0.2) is 0 Å². The molecular formula is C17H25ClN2O3. The quantitative estimate of drug-likeness (QED) is 0.713. The summed E-state index contributed by atoms with van der Waals surface area (Å²) in [5, 5.41) is 12.1. The number of hydrogen-bond acceptors (Lipinski definition) is 3. The molecule has 0 saturated carbocycles. The minimum atomic E-state index is -0.584. The maximum Gasteiger partial charge on any atom is 0.242 e. The second kappa shape index (κ2) is 9.53. The number of aliphatic hydroxyl groups is 1. The predicted molar refractivity (Wildman–Crippen MR) is 91.0 cm³/mol. The molecule has 0 saturated heterocycles. The summed E-state index contributed by atoms with van der Waals surface area (Å²) in [7, 11) is 0. The van der Waals surface area contributed by atoms with Gasteiger partial charge in [-0.1, -0.05) is 37.6 Å². The Morgan fingerprint density at radius 2 is 1.83 bits per heavy atom. The van der Waals surface area contributed by atoms with Crippen molar-refractivity contribution in [1.29, 1.82) is 0 Å². The van der Waals surface area contributed by atoms with Gasteiger partial charge in [-0.25, -0.2) is 0 Å². The van der Waals surface area contributed by atoms with E-state index in [0.29, 0.717) is 24.5 Å². The lowest BCUT2D eigenvalue weighted by Gasteiger charge is -2.30. The van der Waals surface area contributed by atoms with Gasteiger partial charge in [0.1, 0.15) is 6.04 Å². The van der Waals surface area contributed by atoms with Gasteiger partial charge in [-0.15, -0.1) is 0 Å². The van der Waals surface area contributed by atoms with Gasteiger partial charge < -0.3 is 15.3 Å². The normalized spacial score (nSPS) is 12.1. The van der Waals surface area contributed by atoms with Crippen LogP contribution in [-0.4, -0.2) is 41.0 Å². The molecule has 23 heavy (non-hydrogen) atoms.